The third-order valence-electron chi connectivity index (χ3n) is 3.06. The van der Waals surface area contributed by atoms with Gasteiger partial charge >= 0.3 is 0 Å². The van der Waals surface area contributed by atoms with E-state index >= 15 is 0 Å². The van der Waals surface area contributed by atoms with E-state index in [9.17, 15) is 4.39 Å². The lowest BCUT2D eigenvalue weighted by Gasteiger charge is -2.13. The van der Waals surface area contributed by atoms with Gasteiger partial charge in [-0.3, -0.25) is 0 Å². The molecule has 0 spiro atoms. The highest BCUT2D eigenvalue weighted by atomic mass is 35.5. The van der Waals surface area contributed by atoms with E-state index in [0.717, 1.165) is 11.1 Å². The Hall–Kier alpha value is -1.09. The van der Waals surface area contributed by atoms with E-state index in [1.807, 2.05) is 12.1 Å². The molecule has 0 radical (unpaired) electrons. The summed E-state index contributed by atoms with van der Waals surface area (Å²) >= 11 is 11.8. The summed E-state index contributed by atoms with van der Waals surface area (Å²) in [5, 5.41) is 1.02. The van der Waals surface area contributed by atoms with Gasteiger partial charge in [-0.15, -0.1) is 0 Å². The smallest absolute Gasteiger partial charge is 0.126 e. The van der Waals surface area contributed by atoms with Gasteiger partial charge in [0.2, 0.25) is 0 Å². The SMILES string of the molecule is Cc1ccc(C(N)Cc2ccc(Cl)c(Cl)c2)cc1F. The van der Waals surface area contributed by atoms with Crippen molar-refractivity contribution in [1.29, 1.82) is 0 Å². The molecule has 0 aliphatic heterocycles. The van der Waals surface area contributed by atoms with Crippen LogP contribution in [0.15, 0.2) is 36.4 Å². The highest BCUT2D eigenvalue weighted by molar-refractivity contribution is 6.42. The molecule has 2 rings (SSSR count). The number of hydrogen-bond donors (Lipinski definition) is 1. The highest BCUT2D eigenvalue weighted by Crippen LogP contribution is 2.25. The van der Waals surface area contributed by atoms with E-state index in [2.05, 4.69) is 0 Å². The van der Waals surface area contributed by atoms with Crippen LogP contribution in [0, 0.1) is 12.7 Å². The number of benzene rings is 2. The maximum Gasteiger partial charge on any atom is 0.126 e. The summed E-state index contributed by atoms with van der Waals surface area (Å²) in [6.07, 6.45) is 0.583. The van der Waals surface area contributed by atoms with Crippen LogP contribution in [0.5, 0.6) is 0 Å². The molecule has 1 nitrogen and oxygen atoms in total. The Bertz CT molecular complexity index is 599. The van der Waals surface area contributed by atoms with Crippen molar-refractivity contribution in [3.05, 3.63) is 69.0 Å². The van der Waals surface area contributed by atoms with Crippen LogP contribution in [0.1, 0.15) is 22.7 Å². The average molecular weight is 298 g/mol. The van der Waals surface area contributed by atoms with Crippen LogP contribution in [0.3, 0.4) is 0 Å². The Morgan fingerprint density at radius 1 is 1.11 bits per heavy atom. The second-order valence-electron chi connectivity index (χ2n) is 4.57. The van der Waals surface area contributed by atoms with Gasteiger partial charge in [0.05, 0.1) is 10.0 Å². The van der Waals surface area contributed by atoms with Crippen LogP contribution >= 0.6 is 23.2 Å². The lowest BCUT2D eigenvalue weighted by atomic mass is 9.98. The molecule has 0 saturated carbocycles. The van der Waals surface area contributed by atoms with Crippen molar-refractivity contribution in [3.63, 3.8) is 0 Å². The molecule has 2 aromatic carbocycles. The van der Waals surface area contributed by atoms with Crippen LogP contribution in [-0.2, 0) is 6.42 Å². The molecule has 2 aromatic rings. The second kappa shape index (κ2) is 5.91. The highest BCUT2D eigenvalue weighted by Gasteiger charge is 2.10. The second-order valence-corrected chi connectivity index (χ2v) is 5.38. The molecular formula is C15H14Cl2FN. The zero-order valence-electron chi connectivity index (χ0n) is 10.5. The minimum atomic E-state index is -0.271. The summed E-state index contributed by atoms with van der Waals surface area (Å²) in [5.74, 6) is -0.234. The number of aryl methyl sites for hydroxylation is 1. The first kappa shape index (κ1) is 14.3. The van der Waals surface area contributed by atoms with Gasteiger partial charge in [-0.25, -0.2) is 4.39 Å². The summed E-state index contributed by atoms with van der Waals surface area (Å²) < 4.78 is 13.5. The lowest BCUT2D eigenvalue weighted by molar-refractivity contribution is 0.610. The monoisotopic (exact) mass is 297 g/mol. The number of halogens is 3. The fourth-order valence-electron chi connectivity index (χ4n) is 1.88. The van der Waals surface area contributed by atoms with Crippen molar-refractivity contribution in [2.24, 2.45) is 5.73 Å². The summed E-state index contributed by atoms with van der Waals surface area (Å²) in [7, 11) is 0. The molecule has 0 aliphatic rings. The van der Waals surface area contributed by atoms with Crippen molar-refractivity contribution < 1.29 is 4.39 Å². The zero-order chi connectivity index (χ0) is 14.0. The molecule has 0 fully saturated rings. The van der Waals surface area contributed by atoms with Crippen LogP contribution in [0.25, 0.3) is 0 Å². The van der Waals surface area contributed by atoms with E-state index in [4.69, 9.17) is 28.9 Å². The largest absolute Gasteiger partial charge is 0.324 e. The van der Waals surface area contributed by atoms with Crippen LogP contribution in [0.4, 0.5) is 4.39 Å². The topological polar surface area (TPSA) is 26.0 Å². The minimum absolute atomic E-state index is 0.234. The predicted octanol–water partition coefficient (Wildman–Crippen LogP) is 4.68. The van der Waals surface area contributed by atoms with E-state index in [-0.39, 0.29) is 11.9 Å². The van der Waals surface area contributed by atoms with Gasteiger partial charge in [-0.2, -0.15) is 0 Å². The standard InChI is InChI=1S/C15H14Cl2FN/c1-9-2-4-11(8-14(9)18)15(19)7-10-3-5-12(16)13(17)6-10/h2-6,8,15H,7,19H2,1H3. The molecule has 0 aromatic heterocycles. The molecule has 100 valence electrons. The first-order valence-electron chi connectivity index (χ1n) is 5.93. The van der Waals surface area contributed by atoms with Crippen LogP contribution in [-0.4, -0.2) is 0 Å². The average Bonchev–Trinajstić information content (AvgIpc) is 2.37. The van der Waals surface area contributed by atoms with Crippen molar-refractivity contribution in [2.45, 2.75) is 19.4 Å². The first-order valence-corrected chi connectivity index (χ1v) is 6.68. The van der Waals surface area contributed by atoms with Crippen molar-refractivity contribution in [2.75, 3.05) is 0 Å². The third kappa shape index (κ3) is 3.47. The molecular weight excluding hydrogens is 284 g/mol. The van der Waals surface area contributed by atoms with Crippen LogP contribution < -0.4 is 5.73 Å². The number of hydrogen-bond acceptors (Lipinski definition) is 1. The first-order chi connectivity index (χ1) is 8.97. The summed E-state index contributed by atoms with van der Waals surface area (Å²) in [4.78, 5) is 0. The van der Waals surface area contributed by atoms with E-state index in [1.54, 1.807) is 25.1 Å². The van der Waals surface area contributed by atoms with Crippen molar-refractivity contribution >= 4 is 23.2 Å². The van der Waals surface area contributed by atoms with Gasteiger partial charge in [-0.1, -0.05) is 41.4 Å². The lowest BCUT2D eigenvalue weighted by Crippen LogP contribution is -2.13. The van der Waals surface area contributed by atoms with Crippen LogP contribution in [0.2, 0.25) is 10.0 Å². The summed E-state index contributed by atoms with van der Waals surface area (Å²) in [6, 6.07) is 10.2. The molecule has 1 unspecified atom stereocenters. The van der Waals surface area contributed by atoms with Gasteiger partial charge in [0, 0.05) is 6.04 Å². The Labute approximate surface area is 122 Å². The molecule has 0 saturated heterocycles. The quantitative estimate of drug-likeness (QED) is 0.874. The van der Waals surface area contributed by atoms with Crippen molar-refractivity contribution in [3.8, 4) is 0 Å². The maximum atomic E-state index is 13.5. The molecule has 1 atom stereocenters. The Morgan fingerprint density at radius 3 is 2.47 bits per heavy atom. The number of nitrogens with two attached hydrogens (primary N) is 1. The van der Waals surface area contributed by atoms with Gasteiger partial charge in [0.25, 0.3) is 0 Å². The van der Waals surface area contributed by atoms with Crippen molar-refractivity contribution in [1.82, 2.24) is 0 Å². The maximum absolute atomic E-state index is 13.5. The molecule has 0 bridgehead atoms. The zero-order valence-corrected chi connectivity index (χ0v) is 12.0. The summed E-state index contributed by atoms with van der Waals surface area (Å²) in [6.45, 7) is 1.73. The number of rotatable bonds is 3. The minimum Gasteiger partial charge on any atom is -0.324 e. The fraction of sp³-hybridized carbons (Fsp3) is 0.200. The normalized spacial score (nSPS) is 12.5. The van der Waals surface area contributed by atoms with E-state index in [1.165, 1.54) is 6.07 Å². The fourth-order valence-corrected chi connectivity index (χ4v) is 2.20. The molecule has 2 N–H and O–H groups in total. The molecule has 0 aliphatic carbocycles. The van der Waals surface area contributed by atoms with E-state index in [0.29, 0.717) is 22.0 Å². The molecule has 4 heteroatoms. The predicted molar refractivity (Wildman–Crippen MR) is 78.2 cm³/mol. The molecule has 0 amide bonds. The molecule has 19 heavy (non-hydrogen) atoms. The Morgan fingerprint density at radius 2 is 1.84 bits per heavy atom. The third-order valence-corrected chi connectivity index (χ3v) is 3.80. The summed E-state index contributed by atoms with van der Waals surface area (Å²) in [5.41, 5.74) is 8.45. The Balaban J connectivity index is 2.17. The van der Waals surface area contributed by atoms with E-state index < -0.39 is 0 Å². The van der Waals surface area contributed by atoms with Gasteiger partial charge in [0.15, 0.2) is 0 Å². The van der Waals surface area contributed by atoms with Gasteiger partial charge < -0.3 is 5.73 Å². The molecule has 0 heterocycles. The Kier molecular flexibility index (Phi) is 4.46. The van der Waals surface area contributed by atoms with Gasteiger partial charge in [0.1, 0.15) is 5.82 Å². The van der Waals surface area contributed by atoms with Gasteiger partial charge in [-0.05, 0) is 48.2 Å².